The quantitative estimate of drug-likeness (QED) is 0.853. The molecule has 0 saturated carbocycles. The molecule has 1 aromatic heterocycles. The van der Waals surface area contributed by atoms with Crippen LogP contribution in [-0.4, -0.2) is 50.3 Å². The van der Waals surface area contributed by atoms with Crippen LogP contribution in [0.25, 0.3) is 0 Å². The normalized spacial score (nSPS) is 17.6. The number of rotatable bonds is 3. The largest absolute Gasteiger partial charge is 0.481 e. The number of carboxylic acids is 1. The summed E-state index contributed by atoms with van der Waals surface area (Å²) in [4.78, 5) is 28.8. The number of aliphatic carboxylic acids is 1. The minimum atomic E-state index is -0.782. The zero-order chi connectivity index (χ0) is 14.6. The summed E-state index contributed by atoms with van der Waals surface area (Å²) in [5.41, 5.74) is -0.707. The third-order valence-electron chi connectivity index (χ3n) is 3.84. The Morgan fingerprint density at radius 2 is 2.10 bits per heavy atom. The third-order valence-corrected chi connectivity index (χ3v) is 3.84. The molecule has 108 valence electrons. The van der Waals surface area contributed by atoms with Crippen LogP contribution in [-0.2, 0) is 4.79 Å². The standard InChI is InChI=1S/C12H17N5O3/c1-2-12(9(18)19)3-7-17(8-4-12)11(20)15-10-13-5-6-14-16-10/h5-6H,2-4,7-8H2,1H3,(H,18,19)(H,13,15,16,20). The van der Waals surface area contributed by atoms with Gasteiger partial charge in [-0.2, -0.15) is 5.10 Å². The zero-order valence-electron chi connectivity index (χ0n) is 11.2. The van der Waals surface area contributed by atoms with Crippen molar-refractivity contribution < 1.29 is 14.7 Å². The predicted molar refractivity (Wildman–Crippen MR) is 70.0 cm³/mol. The number of nitrogens with zero attached hydrogens (tertiary/aromatic N) is 4. The van der Waals surface area contributed by atoms with Gasteiger partial charge in [0.1, 0.15) is 0 Å². The van der Waals surface area contributed by atoms with Gasteiger partial charge in [-0.15, -0.1) is 5.10 Å². The van der Waals surface area contributed by atoms with Crippen molar-refractivity contribution in [2.24, 2.45) is 5.41 Å². The van der Waals surface area contributed by atoms with E-state index in [1.807, 2.05) is 6.92 Å². The first-order valence-electron chi connectivity index (χ1n) is 6.50. The van der Waals surface area contributed by atoms with Gasteiger partial charge in [0.15, 0.2) is 0 Å². The number of amides is 2. The second-order valence-electron chi connectivity index (χ2n) is 4.82. The molecule has 0 bridgehead atoms. The van der Waals surface area contributed by atoms with E-state index >= 15 is 0 Å². The number of aromatic nitrogens is 3. The lowest BCUT2D eigenvalue weighted by Gasteiger charge is -2.38. The van der Waals surface area contributed by atoms with Crippen LogP contribution in [0.2, 0.25) is 0 Å². The Kier molecular flexibility index (Phi) is 4.11. The highest BCUT2D eigenvalue weighted by atomic mass is 16.4. The summed E-state index contributed by atoms with van der Waals surface area (Å²) in [6.45, 7) is 2.69. The molecule has 0 radical (unpaired) electrons. The van der Waals surface area contributed by atoms with E-state index in [0.29, 0.717) is 32.4 Å². The van der Waals surface area contributed by atoms with Crippen LogP contribution in [0, 0.1) is 5.41 Å². The van der Waals surface area contributed by atoms with E-state index in [9.17, 15) is 14.7 Å². The monoisotopic (exact) mass is 279 g/mol. The highest BCUT2D eigenvalue weighted by molar-refractivity contribution is 5.87. The van der Waals surface area contributed by atoms with E-state index in [2.05, 4.69) is 20.5 Å². The molecule has 1 fully saturated rings. The van der Waals surface area contributed by atoms with Gasteiger partial charge in [-0.3, -0.25) is 10.1 Å². The van der Waals surface area contributed by atoms with E-state index in [4.69, 9.17) is 0 Å². The Morgan fingerprint density at radius 3 is 2.60 bits per heavy atom. The van der Waals surface area contributed by atoms with Gasteiger partial charge in [0.2, 0.25) is 0 Å². The molecule has 8 heteroatoms. The molecule has 2 rings (SSSR count). The lowest BCUT2D eigenvalue weighted by atomic mass is 9.76. The summed E-state index contributed by atoms with van der Waals surface area (Å²) in [7, 11) is 0. The van der Waals surface area contributed by atoms with Crippen LogP contribution < -0.4 is 5.32 Å². The maximum absolute atomic E-state index is 12.0. The van der Waals surface area contributed by atoms with Crippen molar-refractivity contribution in [2.45, 2.75) is 26.2 Å². The van der Waals surface area contributed by atoms with Crippen molar-refractivity contribution in [1.29, 1.82) is 0 Å². The Bertz CT molecular complexity index is 485. The first-order valence-corrected chi connectivity index (χ1v) is 6.50. The SMILES string of the molecule is CCC1(C(=O)O)CCN(C(=O)Nc2nccnn2)CC1. The summed E-state index contributed by atoms with van der Waals surface area (Å²) >= 11 is 0. The molecule has 2 heterocycles. The molecule has 0 aliphatic carbocycles. The van der Waals surface area contributed by atoms with Gasteiger partial charge < -0.3 is 10.0 Å². The smallest absolute Gasteiger partial charge is 0.324 e. The molecule has 20 heavy (non-hydrogen) atoms. The lowest BCUT2D eigenvalue weighted by molar-refractivity contribution is -0.151. The van der Waals surface area contributed by atoms with Gasteiger partial charge in [0.25, 0.3) is 5.95 Å². The van der Waals surface area contributed by atoms with Crippen LogP contribution in [0.4, 0.5) is 10.7 Å². The van der Waals surface area contributed by atoms with Gasteiger partial charge >= 0.3 is 12.0 Å². The number of anilines is 1. The van der Waals surface area contributed by atoms with Crippen molar-refractivity contribution in [3.63, 3.8) is 0 Å². The first kappa shape index (κ1) is 14.2. The Labute approximate surface area is 116 Å². The number of carbonyl (C=O) groups is 2. The molecular formula is C12H17N5O3. The number of nitrogens with one attached hydrogen (secondary N) is 1. The van der Waals surface area contributed by atoms with Gasteiger partial charge in [-0.05, 0) is 19.3 Å². The summed E-state index contributed by atoms with van der Waals surface area (Å²) in [5.74, 6) is -0.640. The molecule has 1 aliphatic heterocycles. The fourth-order valence-corrected chi connectivity index (χ4v) is 2.34. The minimum Gasteiger partial charge on any atom is -0.481 e. The molecular weight excluding hydrogens is 262 g/mol. The number of likely N-dealkylation sites (tertiary alicyclic amines) is 1. The summed E-state index contributed by atoms with van der Waals surface area (Å²) in [6.07, 6.45) is 4.34. The van der Waals surface area contributed by atoms with Gasteiger partial charge in [-0.1, -0.05) is 6.92 Å². The fourth-order valence-electron chi connectivity index (χ4n) is 2.34. The van der Waals surface area contributed by atoms with Gasteiger partial charge in [-0.25, -0.2) is 9.78 Å². The number of hydrogen-bond acceptors (Lipinski definition) is 5. The Balaban J connectivity index is 1.94. The second-order valence-corrected chi connectivity index (χ2v) is 4.82. The summed E-state index contributed by atoms with van der Waals surface area (Å²) in [6, 6.07) is -0.326. The fraction of sp³-hybridized carbons (Fsp3) is 0.583. The topological polar surface area (TPSA) is 108 Å². The molecule has 0 aromatic carbocycles. The molecule has 2 amide bonds. The van der Waals surface area contributed by atoms with Crippen LogP contribution in [0.5, 0.6) is 0 Å². The average Bonchev–Trinajstić information content (AvgIpc) is 2.48. The third kappa shape index (κ3) is 2.84. The number of hydrogen-bond donors (Lipinski definition) is 2. The first-order chi connectivity index (χ1) is 9.57. The molecule has 0 spiro atoms. The highest BCUT2D eigenvalue weighted by Gasteiger charge is 2.40. The van der Waals surface area contributed by atoms with Crippen molar-refractivity contribution in [2.75, 3.05) is 18.4 Å². The number of urea groups is 1. The molecule has 0 atom stereocenters. The maximum atomic E-state index is 12.0. The predicted octanol–water partition coefficient (Wildman–Crippen LogP) is 0.980. The maximum Gasteiger partial charge on any atom is 0.324 e. The minimum absolute atomic E-state index is 0.142. The second kappa shape index (κ2) is 5.81. The number of carboxylic acid groups (broad SMARTS) is 1. The number of carbonyl (C=O) groups excluding carboxylic acids is 1. The summed E-state index contributed by atoms with van der Waals surface area (Å²) < 4.78 is 0. The molecule has 8 nitrogen and oxygen atoms in total. The Morgan fingerprint density at radius 1 is 1.40 bits per heavy atom. The molecule has 1 aliphatic rings. The molecule has 2 N–H and O–H groups in total. The zero-order valence-corrected chi connectivity index (χ0v) is 11.2. The Hall–Kier alpha value is -2.25. The van der Waals surface area contributed by atoms with E-state index in [-0.39, 0.29) is 12.0 Å². The van der Waals surface area contributed by atoms with Gasteiger partial charge in [0, 0.05) is 13.1 Å². The lowest BCUT2D eigenvalue weighted by Crippen LogP contribution is -2.47. The van der Waals surface area contributed by atoms with Crippen molar-refractivity contribution in [3.8, 4) is 0 Å². The molecule has 1 saturated heterocycles. The van der Waals surface area contributed by atoms with Crippen LogP contribution in [0.3, 0.4) is 0 Å². The van der Waals surface area contributed by atoms with E-state index < -0.39 is 11.4 Å². The van der Waals surface area contributed by atoms with Crippen LogP contribution >= 0.6 is 0 Å². The number of piperidine rings is 1. The molecule has 0 unspecified atom stereocenters. The van der Waals surface area contributed by atoms with E-state index in [1.165, 1.54) is 12.4 Å². The summed E-state index contributed by atoms with van der Waals surface area (Å²) in [5, 5.41) is 19.1. The van der Waals surface area contributed by atoms with Crippen molar-refractivity contribution in [1.82, 2.24) is 20.1 Å². The van der Waals surface area contributed by atoms with Crippen molar-refractivity contribution in [3.05, 3.63) is 12.4 Å². The molecule has 1 aromatic rings. The van der Waals surface area contributed by atoms with Crippen molar-refractivity contribution >= 4 is 17.9 Å². The van der Waals surface area contributed by atoms with Gasteiger partial charge in [0.05, 0.1) is 17.8 Å². The van der Waals surface area contributed by atoms with E-state index in [0.717, 1.165) is 0 Å². The average molecular weight is 279 g/mol. The van der Waals surface area contributed by atoms with Crippen LogP contribution in [0.15, 0.2) is 12.4 Å². The van der Waals surface area contributed by atoms with Crippen LogP contribution in [0.1, 0.15) is 26.2 Å². The van der Waals surface area contributed by atoms with E-state index in [1.54, 1.807) is 4.90 Å². The highest BCUT2D eigenvalue weighted by Crippen LogP contribution is 2.35.